The zero-order valence-electron chi connectivity index (χ0n) is 13.4. The molecule has 1 heterocycles. The van der Waals surface area contributed by atoms with Crippen LogP contribution in [0.4, 0.5) is 10.8 Å². The van der Waals surface area contributed by atoms with E-state index in [1.165, 1.54) is 29.7 Å². The highest BCUT2D eigenvalue weighted by atomic mass is 32.2. The second-order valence-electron chi connectivity index (χ2n) is 5.70. The number of anilines is 2. The molecule has 1 atom stereocenters. The van der Waals surface area contributed by atoms with Crippen molar-refractivity contribution >= 4 is 38.1 Å². The van der Waals surface area contributed by atoms with Crippen LogP contribution in [0.25, 0.3) is 0 Å². The average Bonchev–Trinajstić information content (AvgIpc) is 2.99. The number of nitrogens with one attached hydrogen (secondary N) is 2. The van der Waals surface area contributed by atoms with Crippen LogP contribution in [0.5, 0.6) is 0 Å². The van der Waals surface area contributed by atoms with E-state index in [1.54, 1.807) is 17.5 Å². The third-order valence-corrected chi connectivity index (χ3v) is 5.28. The molecule has 7 nitrogen and oxygen atoms in total. The van der Waals surface area contributed by atoms with E-state index < -0.39 is 16.1 Å². The number of benzene rings is 1. The van der Waals surface area contributed by atoms with Crippen molar-refractivity contribution in [2.24, 2.45) is 11.7 Å². The Labute approximate surface area is 145 Å². The molecule has 0 aliphatic heterocycles. The Hall–Kier alpha value is -1.97. The molecular weight excluding hydrogens is 348 g/mol. The number of carbonyl (C=O) groups is 1. The number of hydrogen-bond acceptors (Lipinski definition) is 6. The molecule has 24 heavy (non-hydrogen) atoms. The number of amides is 1. The van der Waals surface area contributed by atoms with Crippen LogP contribution < -0.4 is 15.8 Å². The van der Waals surface area contributed by atoms with Gasteiger partial charge in [0.25, 0.3) is 10.0 Å². The van der Waals surface area contributed by atoms with Gasteiger partial charge in [-0.15, -0.1) is 11.3 Å². The number of aromatic nitrogens is 1. The van der Waals surface area contributed by atoms with E-state index in [0.29, 0.717) is 18.0 Å². The molecule has 0 spiro atoms. The van der Waals surface area contributed by atoms with Gasteiger partial charge in [0.15, 0.2) is 5.13 Å². The fraction of sp³-hybridized carbons (Fsp3) is 0.333. The summed E-state index contributed by atoms with van der Waals surface area (Å²) in [5, 5.41) is 4.60. The molecule has 2 rings (SSSR count). The number of thiazole rings is 1. The van der Waals surface area contributed by atoms with Gasteiger partial charge in [-0.25, -0.2) is 13.4 Å². The first-order valence-corrected chi connectivity index (χ1v) is 9.73. The van der Waals surface area contributed by atoms with Crippen LogP contribution in [-0.4, -0.2) is 25.4 Å². The van der Waals surface area contributed by atoms with Gasteiger partial charge < -0.3 is 11.1 Å². The van der Waals surface area contributed by atoms with Crippen molar-refractivity contribution in [3.63, 3.8) is 0 Å². The van der Waals surface area contributed by atoms with Gasteiger partial charge in [0.05, 0.1) is 10.9 Å². The molecule has 1 aromatic heterocycles. The Morgan fingerprint density at radius 3 is 2.75 bits per heavy atom. The maximum Gasteiger partial charge on any atom is 0.263 e. The summed E-state index contributed by atoms with van der Waals surface area (Å²) in [5.74, 6) is -0.0499. The normalized spacial score (nSPS) is 12.8. The summed E-state index contributed by atoms with van der Waals surface area (Å²) in [6, 6.07) is 5.36. The van der Waals surface area contributed by atoms with Crippen LogP contribution in [0.15, 0.2) is 40.7 Å². The third-order valence-electron chi connectivity index (χ3n) is 3.13. The van der Waals surface area contributed by atoms with Crippen molar-refractivity contribution in [1.29, 1.82) is 0 Å². The molecular formula is C15H20N4O3S2. The number of rotatable bonds is 7. The van der Waals surface area contributed by atoms with Crippen molar-refractivity contribution < 1.29 is 13.2 Å². The number of nitrogens with zero attached hydrogens (tertiary/aromatic N) is 1. The van der Waals surface area contributed by atoms with Crippen molar-refractivity contribution in [2.45, 2.75) is 31.2 Å². The molecule has 0 saturated heterocycles. The van der Waals surface area contributed by atoms with Gasteiger partial charge in [0.2, 0.25) is 5.91 Å². The lowest BCUT2D eigenvalue weighted by atomic mass is 10.0. The third kappa shape index (κ3) is 5.02. The van der Waals surface area contributed by atoms with Crippen molar-refractivity contribution in [3.8, 4) is 0 Å². The van der Waals surface area contributed by atoms with Crippen LogP contribution in [0, 0.1) is 5.92 Å². The van der Waals surface area contributed by atoms with Crippen LogP contribution in [0.1, 0.15) is 20.3 Å². The smallest absolute Gasteiger partial charge is 0.263 e. The lowest BCUT2D eigenvalue weighted by molar-refractivity contribution is -0.117. The average molecular weight is 368 g/mol. The monoisotopic (exact) mass is 368 g/mol. The highest BCUT2D eigenvalue weighted by molar-refractivity contribution is 7.93. The van der Waals surface area contributed by atoms with Crippen LogP contribution in [-0.2, 0) is 14.8 Å². The molecule has 0 aliphatic rings. The van der Waals surface area contributed by atoms with E-state index >= 15 is 0 Å². The van der Waals surface area contributed by atoms with Crippen LogP contribution in [0.2, 0.25) is 0 Å². The van der Waals surface area contributed by atoms with Crippen molar-refractivity contribution in [2.75, 3.05) is 10.0 Å². The Kier molecular flexibility index (Phi) is 5.92. The summed E-state index contributed by atoms with van der Waals surface area (Å²) in [5.41, 5.74) is 6.21. The largest absolute Gasteiger partial charge is 0.325 e. The number of hydrogen-bond donors (Lipinski definition) is 3. The molecule has 1 aromatic carbocycles. The molecule has 0 saturated carbocycles. The first-order valence-electron chi connectivity index (χ1n) is 7.37. The molecule has 9 heteroatoms. The molecule has 1 amide bonds. The molecule has 2 aromatic rings. The number of nitrogens with two attached hydrogens (primary N) is 1. The van der Waals surface area contributed by atoms with Crippen LogP contribution >= 0.6 is 11.3 Å². The van der Waals surface area contributed by atoms with Crippen molar-refractivity contribution in [1.82, 2.24) is 4.98 Å². The summed E-state index contributed by atoms with van der Waals surface area (Å²) >= 11 is 1.18. The lowest BCUT2D eigenvalue weighted by Crippen LogP contribution is -2.36. The SMILES string of the molecule is CC(C)C[C@H](N)C(=O)Nc1cccc(S(=O)(=O)Nc2nccs2)c1. The first-order chi connectivity index (χ1) is 11.3. The predicted octanol–water partition coefficient (Wildman–Crippen LogP) is 2.26. The van der Waals surface area contributed by atoms with E-state index in [4.69, 9.17) is 5.73 Å². The van der Waals surface area contributed by atoms with Gasteiger partial charge in [0.1, 0.15) is 0 Å². The van der Waals surface area contributed by atoms with Gasteiger partial charge in [-0.1, -0.05) is 19.9 Å². The molecule has 4 N–H and O–H groups in total. The molecule has 0 aliphatic carbocycles. The highest BCUT2D eigenvalue weighted by Crippen LogP contribution is 2.20. The fourth-order valence-electron chi connectivity index (χ4n) is 2.04. The highest BCUT2D eigenvalue weighted by Gasteiger charge is 2.18. The Morgan fingerprint density at radius 2 is 2.12 bits per heavy atom. The predicted molar refractivity (Wildman–Crippen MR) is 95.4 cm³/mol. The Bertz CT molecular complexity index is 789. The van der Waals surface area contributed by atoms with Gasteiger partial charge >= 0.3 is 0 Å². The second kappa shape index (κ2) is 7.73. The molecule has 130 valence electrons. The summed E-state index contributed by atoms with van der Waals surface area (Å²) < 4.78 is 27.1. The van der Waals surface area contributed by atoms with E-state index in [0.717, 1.165) is 0 Å². The summed E-state index contributed by atoms with van der Waals surface area (Å²) in [7, 11) is -3.77. The van der Waals surface area contributed by atoms with Gasteiger partial charge in [-0.2, -0.15) is 0 Å². The second-order valence-corrected chi connectivity index (χ2v) is 8.27. The topological polar surface area (TPSA) is 114 Å². The molecule has 0 bridgehead atoms. The summed E-state index contributed by atoms with van der Waals surface area (Å²) in [4.78, 5) is 16.0. The zero-order chi connectivity index (χ0) is 17.7. The maximum atomic E-state index is 12.3. The zero-order valence-corrected chi connectivity index (χ0v) is 15.0. The molecule has 0 radical (unpaired) electrons. The standard InChI is InChI=1S/C15H20N4O3S2/c1-10(2)8-13(16)14(20)18-11-4-3-5-12(9-11)24(21,22)19-15-17-6-7-23-15/h3-7,9-10,13H,8,16H2,1-2H3,(H,17,19)(H,18,20)/t13-/m0/s1. The summed E-state index contributed by atoms with van der Waals surface area (Å²) in [6.07, 6.45) is 2.06. The van der Waals surface area contributed by atoms with E-state index in [1.807, 2.05) is 13.8 Å². The van der Waals surface area contributed by atoms with Gasteiger partial charge in [-0.3, -0.25) is 9.52 Å². The van der Waals surface area contributed by atoms with Gasteiger partial charge in [-0.05, 0) is 30.5 Å². The molecule has 0 unspecified atom stereocenters. The Balaban J connectivity index is 2.12. The fourth-order valence-corrected chi connectivity index (χ4v) is 3.87. The summed E-state index contributed by atoms with van der Waals surface area (Å²) in [6.45, 7) is 3.95. The quantitative estimate of drug-likeness (QED) is 0.693. The minimum atomic E-state index is -3.77. The minimum Gasteiger partial charge on any atom is -0.325 e. The van der Waals surface area contributed by atoms with Gasteiger partial charge in [0, 0.05) is 17.3 Å². The first kappa shape index (κ1) is 18.4. The van der Waals surface area contributed by atoms with Crippen molar-refractivity contribution in [3.05, 3.63) is 35.8 Å². The lowest BCUT2D eigenvalue weighted by Gasteiger charge is -2.14. The minimum absolute atomic E-state index is 0.0351. The van der Waals surface area contributed by atoms with E-state index in [-0.39, 0.29) is 15.9 Å². The van der Waals surface area contributed by atoms with Crippen LogP contribution in [0.3, 0.4) is 0 Å². The van der Waals surface area contributed by atoms with E-state index in [9.17, 15) is 13.2 Å². The maximum absolute atomic E-state index is 12.3. The number of sulfonamides is 1. The Morgan fingerprint density at radius 1 is 1.38 bits per heavy atom. The van der Waals surface area contributed by atoms with E-state index in [2.05, 4.69) is 15.0 Å². The number of carbonyl (C=O) groups excluding carboxylic acids is 1. The molecule has 0 fully saturated rings.